The van der Waals surface area contributed by atoms with Crippen molar-refractivity contribution in [1.82, 2.24) is 0 Å². The monoisotopic (exact) mass is 1150 g/mol. The molecule has 2 aromatic carbocycles. The van der Waals surface area contributed by atoms with Crippen LogP contribution in [0.5, 0.6) is 0 Å². The smallest absolute Gasteiger partial charge is 0.339 e. The predicted molar refractivity (Wildman–Crippen MR) is 274 cm³/mol. The zero-order valence-electron chi connectivity index (χ0n) is 45.0. The second-order valence-electron chi connectivity index (χ2n) is 16.8. The number of rotatable bonds is 30. The molecule has 0 aliphatic rings. The van der Waals surface area contributed by atoms with E-state index in [0.717, 1.165) is 0 Å². The van der Waals surface area contributed by atoms with Crippen LogP contribution < -0.4 is 0 Å². The van der Waals surface area contributed by atoms with Crippen molar-refractivity contribution < 1.29 is 135 Å². The molecule has 28 heteroatoms. The Bertz CT molecular complexity index is 2750. The maximum Gasteiger partial charge on any atom is 0.339 e. The summed E-state index contributed by atoms with van der Waals surface area (Å²) in [6.45, 7) is 24.1. The lowest BCUT2D eigenvalue weighted by atomic mass is 9.98. The number of aromatic carboxylic acids is 4. The van der Waals surface area contributed by atoms with Gasteiger partial charge in [0.1, 0.15) is 52.9 Å². The van der Waals surface area contributed by atoms with Crippen molar-refractivity contribution in [3.8, 4) is 0 Å². The highest BCUT2D eigenvalue weighted by Crippen LogP contribution is 2.23. The molecule has 0 fully saturated rings. The van der Waals surface area contributed by atoms with E-state index in [2.05, 4.69) is 39.5 Å². The number of benzene rings is 2. The Labute approximate surface area is 465 Å². The van der Waals surface area contributed by atoms with Gasteiger partial charge in [-0.25, -0.2) is 67.1 Å². The topological polar surface area (TPSA) is 412 Å². The molecule has 4 N–H and O–H groups in total. The molecular formula is C54H56O28. The van der Waals surface area contributed by atoms with E-state index in [1.165, 1.54) is 41.5 Å². The minimum Gasteiger partial charge on any atom is -0.478 e. The molecule has 0 bridgehead atoms. The second kappa shape index (κ2) is 33.0. The fourth-order valence-electron chi connectivity index (χ4n) is 5.35. The molecule has 2 rings (SSSR count). The Morgan fingerprint density at radius 1 is 0.305 bits per heavy atom. The average molecular weight is 1150 g/mol. The summed E-state index contributed by atoms with van der Waals surface area (Å²) >= 11 is 0. The zero-order chi connectivity index (χ0) is 62.9. The zero-order valence-corrected chi connectivity index (χ0v) is 45.0. The molecule has 0 heterocycles. The van der Waals surface area contributed by atoms with Crippen LogP contribution in [0.25, 0.3) is 0 Å². The molecule has 2 aromatic rings. The fraction of sp³-hybridized carbons (Fsp3) is 0.296. The lowest BCUT2D eigenvalue weighted by Crippen LogP contribution is -2.32. The van der Waals surface area contributed by atoms with Crippen molar-refractivity contribution in [1.29, 1.82) is 0 Å². The lowest BCUT2D eigenvalue weighted by Gasteiger charge is -2.20. The normalized spacial score (nSPS) is 10.1. The van der Waals surface area contributed by atoms with Gasteiger partial charge in [-0.15, -0.1) is 0 Å². The van der Waals surface area contributed by atoms with Gasteiger partial charge in [0.25, 0.3) is 0 Å². The van der Waals surface area contributed by atoms with Gasteiger partial charge in [-0.3, -0.25) is 0 Å². The average Bonchev–Trinajstić information content (AvgIpc) is 3.43. The SMILES string of the molecule is C=C(C)C(=O)OCC(COC(=O)C(=C)C)OC(=O)c1cc(C(=O)O)c(C(=O)OC(COC(=O)C(=C)C)COC(=O)C(=C)C)cc1C(=O)O.C=C(C)C(=O)OCCOC(=O)c1cc(C(=O)O)c(C(=O)OCCOC(=O)C(=C)C)cc1C(=O)O. The van der Waals surface area contributed by atoms with Crippen LogP contribution in [-0.2, 0) is 76.1 Å². The molecule has 440 valence electrons. The van der Waals surface area contributed by atoms with Gasteiger partial charge in [0.05, 0.1) is 44.5 Å². The van der Waals surface area contributed by atoms with Crippen molar-refractivity contribution in [2.75, 3.05) is 52.9 Å². The number of ether oxygens (including phenoxy) is 10. The maximum absolute atomic E-state index is 13.2. The number of hydrogen-bond donors (Lipinski definition) is 4. The van der Waals surface area contributed by atoms with Crippen LogP contribution in [0.1, 0.15) is 124 Å². The van der Waals surface area contributed by atoms with Crippen molar-refractivity contribution in [3.63, 3.8) is 0 Å². The first-order valence-corrected chi connectivity index (χ1v) is 23.1. The van der Waals surface area contributed by atoms with E-state index >= 15 is 0 Å². The van der Waals surface area contributed by atoms with Crippen LogP contribution in [-0.4, -0.2) is 169 Å². The molecule has 0 saturated heterocycles. The molecule has 0 amide bonds. The van der Waals surface area contributed by atoms with Crippen molar-refractivity contribution in [2.45, 2.75) is 53.8 Å². The second-order valence-corrected chi connectivity index (χ2v) is 16.8. The molecular weight excluding hydrogens is 1100 g/mol. The number of hydrogen-bond acceptors (Lipinski definition) is 24. The van der Waals surface area contributed by atoms with Crippen LogP contribution >= 0.6 is 0 Å². The molecule has 0 saturated carbocycles. The number of carbonyl (C=O) groups excluding carboxylic acids is 10. The summed E-state index contributed by atoms with van der Waals surface area (Å²) in [5, 5.41) is 38.5. The predicted octanol–water partition coefficient (Wildman–Crippen LogP) is 4.25. The van der Waals surface area contributed by atoms with E-state index in [0.29, 0.717) is 24.3 Å². The third-order valence-electron chi connectivity index (χ3n) is 9.46. The third kappa shape index (κ3) is 22.8. The lowest BCUT2D eigenvalue weighted by molar-refractivity contribution is -0.149. The molecule has 0 atom stereocenters. The van der Waals surface area contributed by atoms with Gasteiger partial charge in [0.15, 0.2) is 12.2 Å². The Kier molecular flexibility index (Phi) is 28.0. The largest absolute Gasteiger partial charge is 0.478 e. The molecule has 82 heavy (non-hydrogen) atoms. The summed E-state index contributed by atoms with van der Waals surface area (Å²) in [6, 6.07) is 2.37. The standard InChI is InChI=1S/C32H34O16.C22H22O12/c1-15(2)27(37)43-11-19(12-44-28(38)16(3)4)47-31(41)23-9-22(26(35)36)24(10-21(23)25(33)34)32(42)48-20(13-45-29(39)17(5)6)14-46-30(40)18(7)8;1-11(2)19(27)31-5-7-33-21(29)15-9-14(18(25)26)16(10-13(15)17(23)24)22(30)34-8-6-32-20(28)12(3)4/h9-10,19-20H,1,3,5,7,11-14H2,2,4,6,8H3,(H,33,34)(H,35,36);9-10H,1,3,5-8H2,2,4H3,(H,23,24)(H,25,26). The van der Waals surface area contributed by atoms with E-state index in [4.69, 9.17) is 47.4 Å². The molecule has 28 nitrogen and oxygen atoms in total. The number of carboxylic acid groups (broad SMARTS) is 4. The van der Waals surface area contributed by atoms with Crippen LogP contribution in [0, 0.1) is 0 Å². The number of carboxylic acids is 4. The highest BCUT2D eigenvalue weighted by atomic mass is 16.6. The molecule has 0 aliphatic heterocycles. The van der Waals surface area contributed by atoms with E-state index in [-0.39, 0.29) is 46.7 Å². The van der Waals surface area contributed by atoms with E-state index < -0.39 is 180 Å². The van der Waals surface area contributed by atoms with E-state index in [1.54, 1.807) is 0 Å². The van der Waals surface area contributed by atoms with Gasteiger partial charge in [0.2, 0.25) is 0 Å². The number of esters is 10. The first kappa shape index (κ1) is 69.5. The molecule has 0 radical (unpaired) electrons. The minimum absolute atomic E-state index is 0.0223. The van der Waals surface area contributed by atoms with Gasteiger partial charge in [0, 0.05) is 33.4 Å². The van der Waals surface area contributed by atoms with Crippen LogP contribution in [0.3, 0.4) is 0 Å². The quantitative estimate of drug-likeness (QED) is 0.0367. The maximum atomic E-state index is 13.2. The van der Waals surface area contributed by atoms with Gasteiger partial charge < -0.3 is 67.8 Å². The first-order valence-electron chi connectivity index (χ1n) is 23.1. The number of carbonyl (C=O) groups is 14. The molecule has 0 aliphatic carbocycles. The first-order chi connectivity index (χ1) is 38.1. The van der Waals surface area contributed by atoms with Crippen LogP contribution in [0.15, 0.2) is 97.2 Å². The minimum atomic E-state index is -1.81. The summed E-state index contributed by atoms with van der Waals surface area (Å²) in [5.41, 5.74) is -6.18. The highest BCUT2D eigenvalue weighted by molar-refractivity contribution is 6.11. The van der Waals surface area contributed by atoms with Gasteiger partial charge >= 0.3 is 83.6 Å². The van der Waals surface area contributed by atoms with E-state index in [1.807, 2.05) is 0 Å². The summed E-state index contributed by atoms with van der Waals surface area (Å²) in [5.74, 6) is -17.3. The highest BCUT2D eigenvalue weighted by Gasteiger charge is 2.32. The molecule has 0 unspecified atom stereocenters. The summed E-state index contributed by atoms with van der Waals surface area (Å²) in [6.07, 6.45) is -3.04. The van der Waals surface area contributed by atoms with Crippen molar-refractivity contribution in [3.05, 3.63) is 142 Å². The molecule has 0 aromatic heterocycles. The summed E-state index contributed by atoms with van der Waals surface area (Å²) in [4.78, 5) is 169. The van der Waals surface area contributed by atoms with E-state index in [9.17, 15) is 87.5 Å². The Morgan fingerprint density at radius 3 is 0.683 bits per heavy atom. The molecule has 0 spiro atoms. The fourth-order valence-corrected chi connectivity index (χ4v) is 5.35. The third-order valence-corrected chi connectivity index (χ3v) is 9.46. The van der Waals surface area contributed by atoms with Gasteiger partial charge in [-0.05, 0) is 65.8 Å². The Morgan fingerprint density at radius 2 is 0.488 bits per heavy atom. The summed E-state index contributed by atoms with van der Waals surface area (Å²) in [7, 11) is 0. The van der Waals surface area contributed by atoms with Crippen molar-refractivity contribution in [2.24, 2.45) is 0 Å². The van der Waals surface area contributed by atoms with Crippen LogP contribution in [0.4, 0.5) is 0 Å². The van der Waals surface area contributed by atoms with Crippen LogP contribution in [0.2, 0.25) is 0 Å². The van der Waals surface area contributed by atoms with Gasteiger partial charge in [-0.2, -0.15) is 0 Å². The van der Waals surface area contributed by atoms with Gasteiger partial charge in [-0.1, -0.05) is 39.5 Å². The van der Waals surface area contributed by atoms with Crippen molar-refractivity contribution >= 4 is 83.6 Å². The Hall–Kier alpha value is -10.5. The summed E-state index contributed by atoms with van der Waals surface area (Å²) < 4.78 is 49.3. The Balaban J connectivity index is 0.000000869.